The highest BCUT2D eigenvalue weighted by Gasteiger charge is 2.27. The number of anilines is 1. The Kier molecular flexibility index (Phi) is 9.61. The number of amides is 1. The monoisotopic (exact) mass is 584 g/mol. The maximum atomic E-state index is 13.4. The van der Waals surface area contributed by atoms with Crippen LogP contribution < -0.4 is 19.5 Å². The van der Waals surface area contributed by atoms with Crippen molar-refractivity contribution < 1.29 is 19.0 Å². The number of rotatable bonds is 13. The van der Waals surface area contributed by atoms with E-state index in [0.717, 1.165) is 11.3 Å². The Labute approximate surface area is 248 Å². The average Bonchev–Trinajstić information content (AvgIpc) is 3.54. The molecule has 1 heterocycles. The van der Waals surface area contributed by atoms with Crippen molar-refractivity contribution in [2.24, 2.45) is 0 Å². The third-order valence-corrected chi connectivity index (χ3v) is 6.65. The van der Waals surface area contributed by atoms with Gasteiger partial charge in [0.1, 0.15) is 35.6 Å². The molecule has 5 rings (SSSR count). The molecule has 0 radical (unpaired) electrons. The van der Waals surface area contributed by atoms with Crippen LogP contribution in [0.2, 0.25) is 5.02 Å². The summed E-state index contributed by atoms with van der Waals surface area (Å²) < 4.78 is 17.4. The van der Waals surface area contributed by atoms with Crippen LogP contribution in [0.1, 0.15) is 17.4 Å². The SMILES string of the molecule is COc1cccc(CN(CC(=O)Nc2ccc(Oc3ccccc3)cc2)C(COc2ccccc2Cl)c2nnn[nH]2)c1. The van der Waals surface area contributed by atoms with E-state index in [0.29, 0.717) is 40.3 Å². The van der Waals surface area contributed by atoms with Crippen molar-refractivity contribution in [2.75, 3.05) is 25.6 Å². The number of nitrogens with zero attached hydrogens (tertiary/aromatic N) is 4. The first kappa shape index (κ1) is 28.6. The van der Waals surface area contributed by atoms with Gasteiger partial charge in [0.25, 0.3) is 0 Å². The first-order valence-electron chi connectivity index (χ1n) is 13.2. The molecule has 0 fully saturated rings. The minimum atomic E-state index is -0.519. The summed E-state index contributed by atoms with van der Waals surface area (Å²) in [5.41, 5.74) is 1.56. The molecule has 1 atom stereocenters. The molecule has 0 aliphatic carbocycles. The van der Waals surface area contributed by atoms with Gasteiger partial charge < -0.3 is 19.5 Å². The normalized spacial score (nSPS) is 11.6. The van der Waals surface area contributed by atoms with Crippen molar-refractivity contribution in [2.45, 2.75) is 12.6 Å². The van der Waals surface area contributed by atoms with Gasteiger partial charge in [0.2, 0.25) is 5.91 Å². The van der Waals surface area contributed by atoms with E-state index in [1.807, 2.05) is 71.6 Å². The van der Waals surface area contributed by atoms with Gasteiger partial charge in [-0.05, 0) is 76.7 Å². The van der Waals surface area contributed by atoms with E-state index in [2.05, 4.69) is 25.9 Å². The zero-order valence-electron chi connectivity index (χ0n) is 22.8. The average molecular weight is 585 g/mol. The number of nitrogens with one attached hydrogen (secondary N) is 2. The summed E-state index contributed by atoms with van der Waals surface area (Å²) in [6.45, 7) is 0.520. The van der Waals surface area contributed by atoms with Crippen LogP contribution in [0.4, 0.5) is 5.69 Å². The zero-order valence-corrected chi connectivity index (χ0v) is 23.6. The van der Waals surface area contributed by atoms with E-state index >= 15 is 0 Å². The minimum absolute atomic E-state index is 0.0106. The third-order valence-electron chi connectivity index (χ3n) is 6.33. The standard InChI is InChI=1S/C31H29ClN6O4/c1-40-26-11-7-8-22(18-26)19-38(28(31-34-36-37-35-31)21-41-29-13-6-5-12-27(29)32)20-30(39)33-23-14-16-25(17-15-23)42-24-9-3-2-4-10-24/h2-18,28H,19-21H2,1H3,(H,33,39)(H,34,35,36,37). The molecule has 4 aromatic carbocycles. The number of halogens is 1. The molecule has 0 spiro atoms. The van der Waals surface area contributed by atoms with Gasteiger partial charge in [-0.3, -0.25) is 9.69 Å². The smallest absolute Gasteiger partial charge is 0.238 e. The number of tetrazole rings is 1. The van der Waals surface area contributed by atoms with Gasteiger partial charge in [-0.25, -0.2) is 5.10 Å². The molecule has 0 saturated heterocycles. The van der Waals surface area contributed by atoms with Crippen LogP contribution in [-0.4, -0.2) is 51.7 Å². The number of carbonyl (C=O) groups is 1. The Morgan fingerprint density at radius 1 is 0.929 bits per heavy atom. The molecule has 0 saturated carbocycles. The first-order chi connectivity index (χ1) is 20.6. The second kappa shape index (κ2) is 14.1. The summed E-state index contributed by atoms with van der Waals surface area (Å²) in [6.07, 6.45) is 0. The summed E-state index contributed by atoms with van der Waals surface area (Å²) in [6, 6.07) is 31.0. The van der Waals surface area contributed by atoms with Crippen LogP contribution in [0.5, 0.6) is 23.0 Å². The third kappa shape index (κ3) is 7.84. The molecule has 5 aromatic rings. The van der Waals surface area contributed by atoms with E-state index in [4.69, 9.17) is 25.8 Å². The number of hydrogen-bond donors (Lipinski definition) is 2. The van der Waals surface area contributed by atoms with E-state index in [1.165, 1.54) is 0 Å². The number of aromatic amines is 1. The molecule has 0 bridgehead atoms. The number of methoxy groups -OCH3 is 1. The number of hydrogen-bond acceptors (Lipinski definition) is 8. The quantitative estimate of drug-likeness (QED) is 0.175. The van der Waals surface area contributed by atoms with Crippen molar-refractivity contribution in [3.8, 4) is 23.0 Å². The van der Waals surface area contributed by atoms with Gasteiger partial charge in [-0.15, -0.1) is 5.10 Å². The van der Waals surface area contributed by atoms with Gasteiger partial charge in [0.15, 0.2) is 5.82 Å². The predicted octanol–water partition coefficient (Wildman–Crippen LogP) is 5.92. The molecule has 0 aliphatic rings. The number of para-hydroxylation sites is 2. The number of aromatic nitrogens is 4. The van der Waals surface area contributed by atoms with Crippen LogP contribution >= 0.6 is 11.6 Å². The Bertz CT molecular complexity index is 1570. The fourth-order valence-electron chi connectivity index (χ4n) is 4.29. The molecule has 1 amide bonds. The molecule has 1 aromatic heterocycles. The molecule has 214 valence electrons. The lowest BCUT2D eigenvalue weighted by atomic mass is 10.1. The first-order valence-corrected chi connectivity index (χ1v) is 13.6. The van der Waals surface area contributed by atoms with Crippen molar-refractivity contribution in [1.29, 1.82) is 0 Å². The number of carbonyl (C=O) groups excluding carboxylic acids is 1. The summed E-state index contributed by atoms with van der Waals surface area (Å²) in [7, 11) is 1.61. The lowest BCUT2D eigenvalue weighted by molar-refractivity contribution is -0.118. The number of benzene rings is 4. The molecule has 11 heteroatoms. The van der Waals surface area contributed by atoms with E-state index < -0.39 is 6.04 Å². The largest absolute Gasteiger partial charge is 0.497 e. The molecule has 1 unspecified atom stereocenters. The predicted molar refractivity (Wildman–Crippen MR) is 159 cm³/mol. The van der Waals surface area contributed by atoms with E-state index in [1.54, 1.807) is 43.5 Å². The summed E-state index contributed by atoms with van der Waals surface area (Å²) in [5, 5.41) is 17.9. The van der Waals surface area contributed by atoms with E-state index in [-0.39, 0.29) is 19.1 Å². The van der Waals surface area contributed by atoms with Crippen LogP contribution in [-0.2, 0) is 11.3 Å². The lowest BCUT2D eigenvalue weighted by Crippen LogP contribution is -2.39. The molecular weight excluding hydrogens is 556 g/mol. The van der Waals surface area contributed by atoms with Gasteiger partial charge in [-0.2, -0.15) is 0 Å². The topological polar surface area (TPSA) is 114 Å². The molecule has 10 nitrogen and oxygen atoms in total. The van der Waals surface area contributed by atoms with Crippen molar-refractivity contribution >= 4 is 23.2 Å². The Morgan fingerprint density at radius 2 is 1.67 bits per heavy atom. The molecule has 0 aliphatic heterocycles. The number of H-pyrrole nitrogens is 1. The molecular formula is C31H29ClN6O4. The second-order valence-corrected chi connectivity index (χ2v) is 9.70. The summed E-state index contributed by atoms with van der Waals surface area (Å²) in [5.74, 6) is 2.83. The Morgan fingerprint density at radius 3 is 2.40 bits per heavy atom. The van der Waals surface area contributed by atoms with Gasteiger partial charge in [0, 0.05) is 12.2 Å². The highest BCUT2D eigenvalue weighted by molar-refractivity contribution is 6.32. The van der Waals surface area contributed by atoms with Crippen LogP contribution in [0.3, 0.4) is 0 Å². The van der Waals surface area contributed by atoms with Crippen LogP contribution in [0.15, 0.2) is 103 Å². The highest BCUT2D eigenvalue weighted by atomic mass is 35.5. The van der Waals surface area contributed by atoms with Crippen molar-refractivity contribution in [1.82, 2.24) is 25.5 Å². The molecule has 2 N–H and O–H groups in total. The zero-order chi connectivity index (χ0) is 29.1. The fraction of sp³-hybridized carbons (Fsp3) is 0.161. The van der Waals surface area contributed by atoms with Crippen molar-refractivity contribution in [3.63, 3.8) is 0 Å². The minimum Gasteiger partial charge on any atom is -0.497 e. The fourth-order valence-corrected chi connectivity index (χ4v) is 4.48. The van der Waals surface area contributed by atoms with Crippen LogP contribution in [0, 0.1) is 0 Å². The van der Waals surface area contributed by atoms with E-state index in [9.17, 15) is 4.79 Å². The van der Waals surface area contributed by atoms with Gasteiger partial charge >= 0.3 is 0 Å². The maximum absolute atomic E-state index is 13.4. The Hall–Kier alpha value is -4.93. The van der Waals surface area contributed by atoms with Crippen LogP contribution in [0.25, 0.3) is 0 Å². The summed E-state index contributed by atoms with van der Waals surface area (Å²) in [4.78, 5) is 15.3. The van der Waals surface area contributed by atoms with Crippen molar-refractivity contribution in [3.05, 3.63) is 120 Å². The number of ether oxygens (including phenoxy) is 3. The lowest BCUT2D eigenvalue weighted by Gasteiger charge is -2.29. The Balaban J connectivity index is 1.34. The second-order valence-electron chi connectivity index (χ2n) is 9.29. The van der Waals surface area contributed by atoms with Gasteiger partial charge in [-0.1, -0.05) is 54.1 Å². The van der Waals surface area contributed by atoms with Gasteiger partial charge in [0.05, 0.1) is 18.7 Å². The maximum Gasteiger partial charge on any atom is 0.238 e. The highest BCUT2D eigenvalue weighted by Crippen LogP contribution is 2.28. The summed E-state index contributed by atoms with van der Waals surface area (Å²) >= 11 is 6.33. The molecule has 42 heavy (non-hydrogen) atoms.